The van der Waals surface area contributed by atoms with Crippen molar-refractivity contribution in [2.75, 3.05) is 19.0 Å². The first-order valence-electron chi connectivity index (χ1n) is 7.42. The van der Waals surface area contributed by atoms with Crippen molar-refractivity contribution in [3.05, 3.63) is 42.2 Å². The lowest BCUT2D eigenvalue weighted by Gasteiger charge is -2.11. The van der Waals surface area contributed by atoms with E-state index in [0.29, 0.717) is 23.7 Å². The van der Waals surface area contributed by atoms with Crippen LogP contribution in [-0.4, -0.2) is 34.5 Å². The first kappa shape index (κ1) is 15.7. The fourth-order valence-corrected chi connectivity index (χ4v) is 2.53. The number of anilines is 1. The fourth-order valence-electron chi connectivity index (χ4n) is 2.53. The van der Waals surface area contributed by atoms with Crippen molar-refractivity contribution < 1.29 is 14.5 Å². The average molecular weight is 326 g/mol. The molecule has 0 fully saturated rings. The molecule has 8 nitrogen and oxygen atoms in total. The largest absolute Gasteiger partial charge is 0.856 e. The molecule has 0 spiro atoms. The van der Waals surface area contributed by atoms with Crippen molar-refractivity contribution in [3.8, 4) is 5.88 Å². The van der Waals surface area contributed by atoms with E-state index in [0.717, 1.165) is 5.56 Å². The molecule has 1 aromatic carbocycles. The zero-order chi connectivity index (χ0) is 17.3. The lowest BCUT2D eigenvalue weighted by atomic mass is 10.2. The molecule has 0 atom stereocenters. The molecule has 24 heavy (non-hydrogen) atoms. The molecule has 0 bridgehead atoms. The van der Waals surface area contributed by atoms with E-state index in [-0.39, 0.29) is 12.4 Å². The highest BCUT2D eigenvalue weighted by Crippen LogP contribution is 2.21. The van der Waals surface area contributed by atoms with Crippen molar-refractivity contribution in [1.29, 1.82) is 0 Å². The third-order valence-corrected chi connectivity index (χ3v) is 3.58. The molecule has 2 aromatic heterocycles. The standard InChI is InChI=1S/C16H18N6O2/c1-20(2)16-18-14-13(15(24)19-16)21(10-22(14)9-12(17)23)8-11-6-4-3-5-7-11/h3-7,10H,8-9H2,1-2H3,(H2-,17,18,19,23,24). The number of primary amides is 1. The van der Waals surface area contributed by atoms with Crippen LogP contribution in [0.4, 0.5) is 5.95 Å². The Labute approximate surface area is 138 Å². The van der Waals surface area contributed by atoms with Crippen LogP contribution >= 0.6 is 0 Å². The molecule has 8 heteroatoms. The summed E-state index contributed by atoms with van der Waals surface area (Å²) in [4.78, 5) is 21.4. The Balaban J connectivity index is 2.17. The molecule has 0 aliphatic rings. The number of aromatic nitrogens is 4. The summed E-state index contributed by atoms with van der Waals surface area (Å²) in [5, 5.41) is 12.5. The molecule has 0 aliphatic heterocycles. The SMILES string of the molecule is CN(C)c1nc([O-])c2c(n1)[n+](CC(N)=O)cn2Cc1ccccc1. The number of amides is 1. The number of rotatable bonds is 5. The summed E-state index contributed by atoms with van der Waals surface area (Å²) in [5.41, 5.74) is 7.09. The number of hydrogen-bond acceptors (Lipinski definition) is 5. The van der Waals surface area contributed by atoms with Crippen LogP contribution in [0.3, 0.4) is 0 Å². The summed E-state index contributed by atoms with van der Waals surface area (Å²) in [5.74, 6) is -0.595. The molecule has 0 aliphatic carbocycles. The van der Waals surface area contributed by atoms with Crippen LogP contribution in [0.25, 0.3) is 11.2 Å². The van der Waals surface area contributed by atoms with Crippen LogP contribution in [0.5, 0.6) is 5.88 Å². The van der Waals surface area contributed by atoms with Crippen molar-refractivity contribution in [2.24, 2.45) is 5.73 Å². The maximum atomic E-state index is 12.5. The van der Waals surface area contributed by atoms with Gasteiger partial charge in [0.15, 0.2) is 11.8 Å². The number of carbonyl (C=O) groups is 1. The Morgan fingerprint density at radius 2 is 2.00 bits per heavy atom. The molecule has 3 rings (SSSR count). The second-order valence-corrected chi connectivity index (χ2v) is 5.72. The highest BCUT2D eigenvalue weighted by molar-refractivity contribution is 5.76. The fraction of sp³-hybridized carbons (Fsp3) is 0.250. The number of fused-ring (bicyclic) bond motifs is 1. The van der Waals surface area contributed by atoms with Crippen LogP contribution in [-0.2, 0) is 17.9 Å². The van der Waals surface area contributed by atoms with E-state index in [9.17, 15) is 9.90 Å². The minimum absolute atomic E-state index is 0.0540. The molecule has 0 radical (unpaired) electrons. The zero-order valence-corrected chi connectivity index (χ0v) is 13.5. The number of nitrogens with two attached hydrogens (primary N) is 1. The van der Waals surface area contributed by atoms with Gasteiger partial charge in [0, 0.05) is 20.0 Å². The van der Waals surface area contributed by atoms with E-state index < -0.39 is 5.91 Å². The molecule has 0 saturated carbocycles. The lowest BCUT2D eigenvalue weighted by Crippen LogP contribution is -2.40. The quantitative estimate of drug-likeness (QED) is 0.630. The molecule has 0 unspecified atom stereocenters. The minimum Gasteiger partial charge on any atom is -0.856 e. The minimum atomic E-state index is -0.503. The van der Waals surface area contributed by atoms with Crippen molar-refractivity contribution >= 4 is 23.0 Å². The Kier molecular flexibility index (Phi) is 4.03. The van der Waals surface area contributed by atoms with Gasteiger partial charge in [0.05, 0.1) is 6.54 Å². The van der Waals surface area contributed by atoms with E-state index in [4.69, 9.17) is 5.73 Å². The lowest BCUT2D eigenvalue weighted by molar-refractivity contribution is -0.660. The molecular weight excluding hydrogens is 308 g/mol. The molecular formula is C16H18N6O2. The summed E-state index contributed by atoms with van der Waals surface area (Å²) in [7, 11) is 3.50. The van der Waals surface area contributed by atoms with Gasteiger partial charge in [0.25, 0.3) is 5.91 Å². The maximum Gasteiger partial charge on any atom is 0.307 e. The summed E-state index contributed by atoms with van der Waals surface area (Å²) in [6.07, 6.45) is 1.68. The number of carbonyl (C=O) groups excluding carboxylic acids is 1. The van der Waals surface area contributed by atoms with E-state index in [1.165, 1.54) is 0 Å². The highest BCUT2D eigenvalue weighted by atomic mass is 16.3. The Morgan fingerprint density at radius 3 is 2.62 bits per heavy atom. The highest BCUT2D eigenvalue weighted by Gasteiger charge is 2.22. The second-order valence-electron chi connectivity index (χ2n) is 5.72. The molecule has 2 heterocycles. The molecule has 2 N–H and O–H groups in total. The van der Waals surface area contributed by atoms with Gasteiger partial charge in [-0.3, -0.25) is 9.36 Å². The summed E-state index contributed by atoms with van der Waals surface area (Å²) in [6.45, 7) is 0.421. The third kappa shape index (κ3) is 2.98. The number of nitrogens with zero attached hydrogens (tertiary/aromatic N) is 5. The first-order chi connectivity index (χ1) is 11.5. The monoisotopic (exact) mass is 326 g/mol. The first-order valence-corrected chi connectivity index (χ1v) is 7.42. The Bertz CT molecular complexity index is 888. The van der Waals surface area contributed by atoms with E-state index >= 15 is 0 Å². The van der Waals surface area contributed by atoms with Gasteiger partial charge in [-0.25, -0.2) is 9.55 Å². The smallest absolute Gasteiger partial charge is 0.307 e. The van der Waals surface area contributed by atoms with Gasteiger partial charge in [-0.2, -0.15) is 0 Å². The zero-order valence-electron chi connectivity index (χ0n) is 13.5. The normalized spacial score (nSPS) is 10.9. The Hall–Kier alpha value is -3.16. The topological polar surface area (TPSA) is 104 Å². The third-order valence-electron chi connectivity index (χ3n) is 3.58. The van der Waals surface area contributed by atoms with Crippen LogP contribution in [0, 0.1) is 0 Å². The van der Waals surface area contributed by atoms with Crippen molar-refractivity contribution in [2.45, 2.75) is 13.1 Å². The second kappa shape index (κ2) is 6.15. The molecule has 0 saturated heterocycles. The maximum absolute atomic E-state index is 12.5. The summed E-state index contributed by atoms with van der Waals surface area (Å²) >= 11 is 0. The van der Waals surface area contributed by atoms with Crippen LogP contribution < -0.4 is 20.3 Å². The summed E-state index contributed by atoms with van der Waals surface area (Å²) in [6, 6.07) is 9.71. The van der Waals surface area contributed by atoms with Gasteiger partial charge in [-0.1, -0.05) is 35.3 Å². The van der Waals surface area contributed by atoms with E-state index in [1.807, 2.05) is 30.3 Å². The van der Waals surface area contributed by atoms with Gasteiger partial charge < -0.3 is 15.7 Å². The van der Waals surface area contributed by atoms with Gasteiger partial charge in [-0.05, 0) is 5.56 Å². The Morgan fingerprint density at radius 1 is 1.29 bits per heavy atom. The summed E-state index contributed by atoms with van der Waals surface area (Å²) < 4.78 is 3.33. The average Bonchev–Trinajstić information content (AvgIpc) is 2.85. The van der Waals surface area contributed by atoms with Crippen LogP contribution in [0.2, 0.25) is 0 Å². The number of imidazole rings is 1. The predicted octanol–water partition coefficient (Wildman–Crippen LogP) is -0.608. The molecule has 124 valence electrons. The van der Waals surface area contributed by atoms with Gasteiger partial charge in [-0.15, -0.1) is 0 Å². The van der Waals surface area contributed by atoms with Gasteiger partial charge in [0.1, 0.15) is 6.54 Å². The van der Waals surface area contributed by atoms with E-state index in [2.05, 4.69) is 9.97 Å². The number of hydrogen-bond donors (Lipinski definition) is 1. The van der Waals surface area contributed by atoms with Crippen LogP contribution in [0.15, 0.2) is 36.7 Å². The predicted molar refractivity (Wildman–Crippen MR) is 86.2 cm³/mol. The van der Waals surface area contributed by atoms with Gasteiger partial charge in [0.2, 0.25) is 0 Å². The molecule has 3 aromatic rings. The van der Waals surface area contributed by atoms with E-state index in [1.54, 1.807) is 34.5 Å². The van der Waals surface area contributed by atoms with Crippen molar-refractivity contribution in [3.63, 3.8) is 0 Å². The molecule has 1 amide bonds. The number of benzene rings is 1. The van der Waals surface area contributed by atoms with Gasteiger partial charge >= 0.3 is 11.6 Å². The van der Waals surface area contributed by atoms with Crippen LogP contribution in [0.1, 0.15) is 5.56 Å². The van der Waals surface area contributed by atoms with Crippen molar-refractivity contribution in [1.82, 2.24) is 14.5 Å².